The third-order valence-electron chi connectivity index (χ3n) is 2.39. The first kappa shape index (κ1) is 13.2. The van der Waals surface area contributed by atoms with Crippen LogP contribution in [0, 0.1) is 5.82 Å². The average Bonchev–Trinajstić information content (AvgIpc) is 2.37. The van der Waals surface area contributed by atoms with E-state index in [-0.39, 0.29) is 27.8 Å². The highest BCUT2D eigenvalue weighted by Gasteiger charge is 2.12. The van der Waals surface area contributed by atoms with Gasteiger partial charge in [-0.15, -0.1) is 0 Å². The monoisotopic (exact) mass is 281 g/mol. The van der Waals surface area contributed by atoms with Crippen LogP contribution in [0.2, 0.25) is 5.02 Å². The van der Waals surface area contributed by atoms with Crippen LogP contribution in [0.5, 0.6) is 11.5 Å². The molecule has 98 valence electrons. The van der Waals surface area contributed by atoms with Gasteiger partial charge >= 0.3 is 5.97 Å². The van der Waals surface area contributed by atoms with Gasteiger partial charge in [0.05, 0.1) is 16.3 Å². The Labute approximate surface area is 113 Å². The molecule has 0 unspecified atom stereocenters. The molecule has 0 radical (unpaired) electrons. The minimum Gasteiger partial charge on any atom is -0.478 e. The second-order valence-electron chi connectivity index (χ2n) is 3.71. The summed E-state index contributed by atoms with van der Waals surface area (Å²) in [7, 11) is 0. The van der Waals surface area contributed by atoms with Crippen LogP contribution in [-0.2, 0) is 0 Å². The number of nitrogen functional groups attached to an aromatic ring is 1. The van der Waals surface area contributed by atoms with Crippen LogP contribution in [0.4, 0.5) is 10.1 Å². The van der Waals surface area contributed by atoms with E-state index in [2.05, 4.69) is 0 Å². The minimum atomic E-state index is -1.10. The number of ether oxygens (including phenoxy) is 1. The summed E-state index contributed by atoms with van der Waals surface area (Å²) in [5.74, 6) is -1.73. The number of carboxylic acids is 1. The maximum atomic E-state index is 13.6. The fourth-order valence-corrected chi connectivity index (χ4v) is 1.62. The van der Waals surface area contributed by atoms with Crippen molar-refractivity contribution >= 4 is 23.3 Å². The number of hydrogen-bond donors (Lipinski definition) is 2. The summed E-state index contributed by atoms with van der Waals surface area (Å²) in [6, 6.07) is 8.23. The largest absolute Gasteiger partial charge is 0.478 e. The molecule has 0 bridgehead atoms. The Hall–Kier alpha value is -2.27. The number of anilines is 1. The number of hydrogen-bond acceptors (Lipinski definition) is 3. The maximum Gasteiger partial charge on any atom is 0.335 e. The average molecular weight is 282 g/mol. The topological polar surface area (TPSA) is 72.6 Å². The summed E-state index contributed by atoms with van der Waals surface area (Å²) in [6.07, 6.45) is 0. The van der Waals surface area contributed by atoms with Crippen molar-refractivity contribution in [3.63, 3.8) is 0 Å². The quantitative estimate of drug-likeness (QED) is 0.844. The van der Waals surface area contributed by atoms with Gasteiger partial charge in [0.1, 0.15) is 0 Å². The normalized spacial score (nSPS) is 10.2. The van der Waals surface area contributed by atoms with E-state index < -0.39 is 11.8 Å². The molecule has 2 rings (SSSR count). The van der Waals surface area contributed by atoms with E-state index in [1.807, 2.05) is 0 Å². The van der Waals surface area contributed by atoms with Crippen molar-refractivity contribution in [1.29, 1.82) is 0 Å². The molecule has 19 heavy (non-hydrogen) atoms. The second-order valence-corrected chi connectivity index (χ2v) is 4.12. The lowest BCUT2D eigenvalue weighted by atomic mass is 10.2. The lowest BCUT2D eigenvalue weighted by molar-refractivity contribution is 0.0697. The number of halogens is 2. The highest BCUT2D eigenvalue weighted by molar-refractivity contribution is 6.30. The molecule has 0 aliphatic rings. The van der Waals surface area contributed by atoms with Crippen LogP contribution < -0.4 is 10.5 Å². The van der Waals surface area contributed by atoms with Gasteiger partial charge in [-0.1, -0.05) is 17.7 Å². The Bertz CT molecular complexity index is 646. The van der Waals surface area contributed by atoms with Crippen molar-refractivity contribution in [2.75, 3.05) is 5.73 Å². The SMILES string of the molecule is Nc1cc(C(=O)O)ccc1Oc1cccc(Cl)c1F. The second kappa shape index (κ2) is 5.16. The van der Waals surface area contributed by atoms with Crippen LogP contribution in [-0.4, -0.2) is 11.1 Å². The van der Waals surface area contributed by atoms with E-state index in [1.54, 1.807) is 0 Å². The Morgan fingerprint density at radius 1 is 1.26 bits per heavy atom. The van der Waals surface area contributed by atoms with E-state index in [0.29, 0.717) is 0 Å². The third-order valence-corrected chi connectivity index (χ3v) is 2.68. The molecule has 0 aliphatic heterocycles. The van der Waals surface area contributed by atoms with Crippen LogP contribution in [0.25, 0.3) is 0 Å². The first-order valence-corrected chi connectivity index (χ1v) is 5.61. The highest BCUT2D eigenvalue weighted by Crippen LogP contribution is 2.32. The summed E-state index contributed by atoms with van der Waals surface area (Å²) < 4.78 is 18.9. The van der Waals surface area contributed by atoms with Gasteiger partial charge in [-0.05, 0) is 30.3 Å². The van der Waals surface area contributed by atoms with Crippen molar-refractivity contribution in [2.24, 2.45) is 0 Å². The first-order valence-electron chi connectivity index (χ1n) is 5.23. The minimum absolute atomic E-state index is 0.0245. The molecular weight excluding hydrogens is 273 g/mol. The fraction of sp³-hybridized carbons (Fsp3) is 0. The van der Waals surface area contributed by atoms with Gasteiger partial charge in [0.2, 0.25) is 0 Å². The first-order chi connectivity index (χ1) is 8.99. The zero-order valence-corrected chi connectivity index (χ0v) is 10.3. The van der Waals surface area contributed by atoms with Crippen molar-refractivity contribution in [1.82, 2.24) is 0 Å². The number of aromatic carboxylic acids is 1. The van der Waals surface area contributed by atoms with Gasteiger partial charge in [0.25, 0.3) is 0 Å². The molecule has 0 saturated heterocycles. The fourth-order valence-electron chi connectivity index (χ4n) is 1.46. The number of rotatable bonds is 3. The van der Waals surface area contributed by atoms with E-state index >= 15 is 0 Å². The Morgan fingerprint density at radius 2 is 2.00 bits per heavy atom. The maximum absolute atomic E-state index is 13.6. The molecule has 0 saturated carbocycles. The Balaban J connectivity index is 2.34. The van der Waals surface area contributed by atoms with Crippen LogP contribution in [0.15, 0.2) is 36.4 Å². The summed E-state index contributed by atoms with van der Waals surface area (Å²) in [5.41, 5.74) is 5.77. The summed E-state index contributed by atoms with van der Waals surface area (Å²) in [4.78, 5) is 10.7. The third kappa shape index (κ3) is 2.77. The molecule has 2 aromatic carbocycles. The van der Waals surface area contributed by atoms with Crippen molar-refractivity contribution < 1.29 is 19.0 Å². The molecule has 3 N–H and O–H groups in total. The van der Waals surface area contributed by atoms with Crippen molar-refractivity contribution in [2.45, 2.75) is 0 Å². The highest BCUT2D eigenvalue weighted by atomic mass is 35.5. The smallest absolute Gasteiger partial charge is 0.335 e. The summed E-state index contributed by atoms with van der Waals surface area (Å²) >= 11 is 5.62. The zero-order valence-electron chi connectivity index (χ0n) is 9.56. The van der Waals surface area contributed by atoms with Crippen molar-refractivity contribution in [3.05, 3.63) is 52.8 Å². The van der Waals surface area contributed by atoms with E-state index in [9.17, 15) is 9.18 Å². The number of carboxylic acid groups (broad SMARTS) is 1. The molecule has 0 aromatic heterocycles. The molecule has 2 aromatic rings. The van der Waals surface area contributed by atoms with Gasteiger partial charge < -0.3 is 15.6 Å². The summed E-state index contributed by atoms with van der Waals surface area (Å²) in [5, 5.41) is 8.73. The molecule has 4 nitrogen and oxygen atoms in total. The number of benzene rings is 2. The standard InChI is InChI=1S/C13H9ClFNO3/c14-8-2-1-3-11(12(8)15)19-10-5-4-7(13(17)18)6-9(10)16/h1-6H,16H2,(H,17,18). The molecule has 0 heterocycles. The number of carbonyl (C=O) groups is 1. The van der Waals surface area contributed by atoms with Gasteiger partial charge in [-0.3, -0.25) is 0 Å². The molecule has 0 atom stereocenters. The molecule has 0 aliphatic carbocycles. The van der Waals surface area contributed by atoms with E-state index in [4.69, 9.17) is 27.2 Å². The van der Waals surface area contributed by atoms with Crippen molar-refractivity contribution in [3.8, 4) is 11.5 Å². The molecule has 0 spiro atoms. The Kier molecular flexibility index (Phi) is 3.57. The molecule has 0 amide bonds. The predicted molar refractivity (Wildman–Crippen MR) is 69.3 cm³/mol. The molecule has 6 heteroatoms. The van der Waals surface area contributed by atoms with Crippen LogP contribution in [0.1, 0.15) is 10.4 Å². The van der Waals surface area contributed by atoms with Gasteiger partial charge in [0.15, 0.2) is 17.3 Å². The van der Waals surface area contributed by atoms with Gasteiger partial charge in [-0.2, -0.15) is 0 Å². The van der Waals surface area contributed by atoms with Gasteiger partial charge in [-0.25, -0.2) is 9.18 Å². The predicted octanol–water partition coefficient (Wildman–Crippen LogP) is 3.55. The van der Waals surface area contributed by atoms with Gasteiger partial charge in [0, 0.05) is 0 Å². The number of nitrogens with two attached hydrogens (primary N) is 1. The van der Waals surface area contributed by atoms with Crippen LogP contribution >= 0.6 is 11.6 Å². The lowest BCUT2D eigenvalue weighted by Gasteiger charge is -2.10. The Morgan fingerprint density at radius 3 is 2.63 bits per heavy atom. The zero-order chi connectivity index (χ0) is 14.0. The lowest BCUT2D eigenvalue weighted by Crippen LogP contribution is -2.00. The van der Waals surface area contributed by atoms with E-state index in [1.165, 1.54) is 36.4 Å². The molecule has 0 fully saturated rings. The van der Waals surface area contributed by atoms with Crippen LogP contribution in [0.3, 0.4) is 0 Å². The molecular formula is C13H9ClFNO3. The summed E-state index contributed by atoms with van der Waals surface area (Å²) in [6.45, 7) is 0. The van der Waals surface area contributed by atoms with E-state index in [0.717, 1.165) is 0 Å².